The fourth-order valence-corrected chi connectivity index (χ4v) is 4.04. The van der Waals surface area contributed by atoms with Crippen molar-refractivity contribution in [2.45, 2.75) is 13.3 Å². The molecule has 4 aromatic rings. The summed E-state index contributed by atoms with van der Waals surface area (Å²) in [6, 6.07) is 7.83. The van der Waals surface area contributed by atoms with E-state index in [0.717, 1.165) is 27.1 Å². The van der Waals surface area contributed by atoms with Crippen LogP contribution in [0.3, 0.4) is 0 Å². The monoisotopic (exact) mass is 412 g/mol. The summed E-state index contributed by atoms with van der Waals surface area (Å²) in [5, 5.41) is 0.569. The van der Waals surface area contributed by atoms with Gasteiger partial charge in [-0.2, -0.15) is 4.98 Å². The van der Waals surface area contributed by atoms with E-state index in [0.29, 0.717) is 16.4 Å². The summed E-state index contributed by atoms with van der Waals surface area (Å²) in [7, 11) is 4.69. The van der Waals surface area contributed by atoms with Crippen molar-refractivity contribution in [1.82, 2.24) is 23.7 Å². The average molecular weight is 412 g/mol. The molecule has 3 heterocycles. The second-order valence-corrected chi connectivity index (χ2v) is 7.93. The Morgan fingerprint density at radius 1 is 1.03 bits per heavy atom. The minimum absolute atomic E-state index is 0.233. The lowest BCUT2D eigenvalue weighted by atomic mass is 10.1. The maximum Gasteiger partial charge on any atom is 0.332 e. The first-order valence-corrected chi connectivity index (χ1v) is 9.69. The number of anilines is 1. The average Bonchev–Trinajstić information content (AvgIpc) is 3.18. The molecule has 0 fully saturated rings. The van der Waals surface area contributed by atoms with Crippen LogP contribution in [0.15, 0.2) is 33.9 Å². The van der Waals surface area contributed by atoms with Crippen LogP contribution in [0.4, 0.5) is 5.13 Å². The molecule has 4 rings (SSSR count). The maximum absolute atomic E-state index is 12.5. The fraction of sp³-hybridized carbons (Fsp3) is 0.263. The van der Waals surface area contributed by atoms with E-state index in [1.54, 1.807) is 18.7 Å². The van der Waals surface area contributed by atoms with Crippen LogP contribution in [0.2, 0.25) is 0 Å². The third kappa shape index (κ3) is 3.21. The van der Waals surface area contributed by atoms with Crippen LogP contribution in [0.5, 0.6) is 11.8 Å². The molecule has 0 unspecified atom stereocenters. The largest absolute Gasteiger partial charge is 0.425 e. The van der Waals surface area contributed by atoms with Crippen LogP contribution in [-0.2, 0) is 27.6 Å². The Balaban J connectivity index is 1.64. The number of nitrogens with zero attached hydrogens (tertiary/aromatic N) is 5. The zero-order valence-corrected chi connectivity index (χ0v) is 17.3. The number of nitrogens with two attached hydrogens (primary N) is 1. The lowest BCUT2D eigenvalue weighted by Crippen LogP contribution is -2.37. The van der Waals surface area contributed by atoms with Crippen LogP contribution >= 0.6 is 11.3 Å². The van der Waals surface area contributed by atoms with Crippen molar-refractivity contribution < 1.29 is 4.74 Å². The van der Waals surface area contributed by atoms with Gasteiger partial charge in [-0.25, -0.2) is 9.78 Å². The molecular formula is C19H20N6O3S. The number of imidazole rings is 1. The van der Waals surface area contributed by atoms with E-state index < -0.39 is 11.2 Å². The molecule has 0 aliphatic rings. The summed E-state index contributed by atoms with van der Waals surface area (Å²) >= 11 is 1.49. The number of benzene rings is 1. The van der Waals surface area contributed by atoms with Crippen LogP contribution in [0.25, 0.3) is 11.2 Å². The minimum atomic E-state index is -0.435. The van der Waals surface area contributed by atoms with Gasteiger partial charge in [-0.3, -0.25) is 18.5 Å². The Morgan fingerprint density at radius 3 is 2.34 bits per heavy atom. The van der Waals surface area contributed by atoms with Gasteiger partial charge in [0, 0.05) is 32.4 Å². The van der Waals surface area contributed by atoms with E-state index in [9.17, 15) is 9.59 Å². The number of rotatable bonds is 4. The number of hydrogen-bond donors (Lipinski definition) is 1. The molecule has 0 aliphatic carbocycles. The molecule has 150 valence electrons. The predicted octanol–water partition coefficient (Wildman–Crippen LogP) is 1.70. The minimum Gasteiger partial charge on any atom is -0.425 e. The van der Waals surface area contributed by atoms with Gasteiger partial charge in [-0.15, -0.1) is 11.3 Å². The summed E-state index contributed by atoms with van der Waals surface area (Å²) in [4.78, 5) is 34.3. The third-order valence-corrected chi connectivity index (χ3v) is 5.83. The first-order chi connectivity index (χ1) is 13.8. The van der Waals surface area contributed by atoms with Crippen LogP contribution < -0.4 is 21.7 Å². The molecule has 1 aromatic carbocycles. The van der Waals surface area contributed by atoms with E-state index in [-0.39, 0.29) is 11.7 Å². The number of fused-ring (bicyclic) bond motifs is 1. The lowest BCUT2D eigenvalue weighted by Gasteiger charge is -2.06. The van der Waals surface area contributed by atoms with Gasteiger partial charge in [0.05, 0.1) is 5.69 Å². The lowest BCUT2D eigenvalue weighted by molar-refractivity contribution is 0.427. The zero-order chi connectivity index (χ0) is 20.9. The normalized spacial score (nSPS) is 11.3. The molecule has 0 saturated heterocycles. The van der Waals surface area contributed by atoms with Gasteiger partial charge in [0.25, 0.3) is 5.56 Å². The molecule has 0 aliphatic heterocycles. The molecule has 0 atom stereocenters. The van der Waals surface area contributed by atoms with Gasteiger partial charge < -0.3 is 10.5 Å². The standard InChI is InChI=1S/C19H20N6O3S/c1-10-13(29-17(20)21-10)9-11-5-7-12(8-6-11)28-18-22-15-14(23(18)2)16(26)25(4)19(27)24(15)3/h5-8H,9H2,1-4H3,(H2,20,21). The highest BCUT2D eigenvalue weighted by molar-refractivity contribution is 7.15. The summed E-state index contributed by atoms with van der Waals surface area (Å²) in [6.45, 7) is 1.95. The summed E-state index contributed by atoms with van der Waals surface area (Å²) < 4.78 is 9.81. The first kappa shape index (κ1) is 18.9. The van der Waals surface area contributed by atoms with Crippen molar-refractivity contribution in [3.8, 4) is 11.8 Å². The molecule has 29 heavy (non-hydrogen) atoms. The SMILES string of the molecule is Cc1nc(N)sc1Cc1ccc(Oc2nc3c(c(=O)n(C)c(=O)n3C)n2C)cc1. The summed E-state index contributed by atoms with van der Waals surface area (Å²) in [5.74, 6) is 0.578. The maximum atomic E-state index is 12.5. The van der Waals surface area contributed by atoms with E-state index in [1.165, 1.54) is 23.0 Å². The zero-order valence-electron chi connectivity index (χ0n) is 16.5. The molecule has 0 radical (unpaired) electrons. The van der Waals surface area contributed by atoms with Crippen molar-refractivity contribution in [3.05, 3.63) is 61.2 Å². The molecule has 2 N–H and O–H groups in total. The molecule has 10 heteroatoms. The van der Waals surface area contributed by atoms with Crippen LogP contribution in [-0.4, -0.2) is 23.7 Å². The molecule has 0 spiro atoms. The highest BCUT2D eigenvalue weighted by atomic mass is 32.1. The Kier molecular flexibility index (Phi) is 4.50. The number of hydrogen-bond acceptors (Lipinski definition) is 7. The van der Waals surface area contributed by atoms with E-state index in [2.05, 4.69) is 9.97 Å². The topological polar surface area (TPSA) is 110 Å². The van der Waals surface area contributed by atoms with Crippen LogP contribution in [0, 0.1) is 6.92 Å². The molecule has 3 aromatic heterocycles. The van der Waals surface area contributed by atoms with Crippen molar-refractivity contribution in [2.75, 3.05) is 5.73 Å². The number of nitrogen functional groups attached to an aromatic ring is 1. The summed E-state index contributed by atoms with van der Waals surface area (Å²) in [5.41, 5.74) is 7.55. The Hall–Kier alpha value is -3.40. The van der Waals surface area contributed by atoms with Crippen molar-refractivity contribution in [2.24, 2.45) is 21.1 Å². The van der Waals surface area contributed by atoms with Gasteiger partial charge in [0.15, 0.2) is 16.3 Å². The summed E-state index contributed by atoms with van der Waals surface area (Å²) in [6.07, 6.45) is 0.741. The molecule has 0 bridgehead atoms. The van der Waals surface area contributed by atoms with E-state index in [4.69, 9.17) is 10.5 Å². The second kappa shape index (κ2) is 6.89. The van der Waals surface area contributed by atoms with Gasteiger partial charge in [0.2, 0.25) is 0 Å². The Morgan fingerprint density at radius 2 is 1.72 bits per heavy atom. The number of aryl methyl sites for hydroxylation is 3. The Labute approximate surface area is 169 Å². The molecular weight excluding hydrogens is 392 g/mol. The second-order valence-electron chi connectivity index (χ2n) is 6.81. The van der Waals surface area contributed by atoms with Gasteiger partial charge in [-0.05, 0) is 24.6 Å². The highest BCUT2D eigenvalue weighted by Crippen LogP contribution is 2.26. The number of thiazole rings is 1. The predicted molar refractivity (Wildman–Crippen MR) is 112 cm³/mol. The van der Waals surface area contributed by atoms with E-state index in [1.807, 2.05) is 31.2 Å². The van der Waals surface area contributed by atoms with Crippen molar-refractivity contribution >= 4 is 27.6 Å². The molecule has 0 amide bonds. The molecule has 9 nitrogen and oxygen atoms in total. The van der Waals surface area contributed by atoms with Gasteiger partial charge >= 0.3 is 11.7 Å². The highest BCUT2D eigenvalue weighted by Gasteiger charge is 2.18. The molecule has 0 saturated carbocycles. The van der Waals surface area contributed by atoms with Gasteiger partial charge in [-0.1, -0.05) is 12.1 Å². The quantitative estimate of drug-likeness (QED) is 0.546. The fourth-order valence-electron chi connectivity index (χ4n) is 3.17. The van der Waals surface area contributed by atoms with Gasteiger partial charge in [0.1, 0.15) is 5.75 Å². The van der Waals surface area contributed by atoms with Crippen LogP contribution in [0.1, 0.15) is 16.1 Å². The Bertz CT molecular complexity index is 1340. The smallest absolute Gasteiger partial charge is 0.332 e. The number of aromatic nitrogens is 5. The van der Waals surface area contributed by atoms with E-state index >= 15 is 0 Å². The van der Waals surface area contributed by atoms with Crippen molar-refractivity contribution in [1.29, 1.82) is 0 Å². The number of ether oxygens (including phenoxy) is 1. The first-order valence-electron chi connectivity index (χ1n) is 8.87. The third-order valence-electron chi connectivity index (χ3n) is 4.84. The van der Waals surface area contributed by atoms with Crippen molar-refractivity contribution in [3.63, 3.8) is 0 Å².